The maximum atomic E-state index is 11.7. The highest BCUT2D eigenvalue weighted by Gasteiger charge is 2.19. The minimum absolute atomic E-state index is 0.00179. The van der Waals surface area contributed by atoms with E-state index in [1.165, 1.54) is 20.3 Å². The number of carboxylic acid groups (broad SMARTS) is 1. The van der Waals surface area contributed by atoms with Crippen molar-refractivity contribution >= 4 is 35.4 Å². The second-order valence-corrected chi connectivity index (χ2v) is 6.96. The van der Waals surface area contributed by atoms with Crippen LogP contribution in [-0.4, -0.2) is 40.6 Å². The molecule has 0 spiro atoms. The number of ether oxygens (including phenoxy) is 2. The van der Waals surface area contributed by atoms with E-state index in [0.29, 0.717) is 16.3 Å². The van der Waals surface area contributed by atoms with Crippen LogP contribution < -0.4 is 9.47 Å². The summed E-state index contributed by atoms with van der Waals surface area (Å²) < 4.78 is 15.9. The van der Waals surface area contributed by atoms with Gasteiger partial charge in [-0.25, -0.2) is 4.79 Å². The largest absolute Gasteiger partial charge is 0.504 e. The van der Waals surface area contributed by atoms with Gasteiger partial charge in [0.1, 0.15) is 10.7 Å². The predicted octanol–water partition coefficient (Wildman–Crippen LogP) is 4.33. The van der Waals surface area contributed by atoms with Crippen molar-refractivity contribution in [3.8, 4) is 28.7 Å². The first-order valence-corrected chi connectivity index (χ1v) is 9.28. The highest BCUT2D eigenvalue weighted by molar-refractivity contribution is 8.03. The number of halogens is 1. The van der Waals surface area contributed by atoms with Gasteiger partial charge in [0.2, 0.25) is 0 Å². The lowest BCUT2D eigenvalue weighted by Gasteiger charge is -2.06. The Bertz CT molecular complexity index is 1080. The van der Waals surface area contributed by atoms with Crippen LogP contribution in [0.25, 0.3) is 17.5 Å². The minimum Gasteiger partial charge on any atom is -0.504 e. The van der Waals surface area contributed by atoms with Crippen molar-refractivity contribution in [3.05, 3.63) is 51.9 Å². The van der Waals surface area contributed by atoms with Gasteiger partial charge in [0.05, 0.1) is 19.8 Å². The monoisotopic (exact) mass is 434 g/mol. The number of aromatic hydroxyl groups is 1. The van der Waals surface area contributed by atoms with Crippen LogP contribution in [0, 0.1) is 0 Å². The molecule has 0 amide bonds. The third-order valence-electron chi connectivity index (χ3n) is 3.74. The average Bonchev–Trinajstić information content (AvgIpc) is 3.17. The lowest BCUT2D eigenvalue weighted by Crippen LogP contribution is -1.97. The number of para-hydroxylation sites is 1. The number of hydrogen-bond donors (Lipinski definition) is 2. The number of hydrogen-bond acceptors (Lipinski definition) is 8. The van der Waals surface area contributed by atoms with Gasteiger partial charge >= 0.3 is 5.97 Å². The number of aliphatic carboxylic acids is 1. The summed E-state index contributed by atoms with van der Waals surface area (Å²) >= 11 is 6.76. The smallest absolute Gasteiger partial charge is 0.342 e. The van der Waals surface area contributed by atoms with Gasteiger partial charge in [-0.1, -0.05) is 23.7 Å². The Morgan fingerprint density at radius 3 is 2.62 bits per heavy atom. The van der Waals surface area contributed by atoms with Crippen molar-refractivity contribution in [3.63, 3.8) is 0 Å². The zero-order chi connectivity index (χ0) is 21.0. The summed E-state index contributed by atoms with van der Waals surface area (Å²) in [4.78, 5) is 11.5. The van der Waals surface area contributed by atoms with Gasteiger partial charge in [0.25, 0.3) is 11.1 Å². The molecule has 0 aliphatic heterocycles. The average molecular weight is 435 g/mol. The van der Waals surface area contributed by atoms with Crippen LogP contribution in [0.3, 0.4) is 0 Å². The molecule has 150 valence electrons. The van der Waals surface area contributed by atoms with Crippen LogP contribution in [0.4, 0.5) is 0 Å². The van der Waals surface area contributed by atoms with Crippen molar-refractivity contribution < 1.29 is 28.9 Å². The summed E-state index contributed by atoms with van der Waals surface area (Å²) in [6.45, 7) is 0. The first-order chi connectivity index (χ1) is 13.9. The third-order valence-corrected chi connectivity index (χ3v) is 4.83. The van der Waals surface area contributed by atoms with Crippen LogP contribution in [0.2, 0.25) is 5.02 Å². The van der Waals surface area contributed by atoms with Crippen LogP contribution in [-0.2, 0) is 4.79 Å². The summed E-state index contributed by atoms with van der Waals surface area (Å²) in [6.07, 6.45) is 1.29. The maximum absolute atomic E-state index is 11.7. The number of thioether (sulfide) groups is 1. The van der Waals surface area contributed by atoms with Crippen molar-refractivity contribution in [2.45, 2.75) is 5.22 Å². The van der Waals surface area contributed by atoms with Crippen LogP contribution in [0.5, 0.6) is 17.2 Å². The zero-order valence-corrected chi connectivity index (χ0v) is 16.8. The number of nitrogens with zero attached hydrogens (tertiary/aromatic N) is 2. The third kappa shape index (κ3) is 4.64. The number of phenolic OH excluding ortho intramolecular Hbond substituents is 1. The fraction of sp³-hybridized carbons (Fsp3) is 0.105. The predicted molar refractivity (Wildman–Crippen MR) is 107 cm³/mol. The molecule has 0 saturated heterocycles. The lowest BCUT2D eigenvalue weighted by molar-refractivity contribution is -0.131. The fourth-order valence-corrected chi connectivity index (χ4v) is 3.23. The number of aromatic nitrogens is 2. The molecular formula is C19H15ClN2O6S. The molecule has 0 atom stereocenters. The van der Waals surface area contributed by atoms with Crippen LogP contribution >= 0.6 is 23.4 Å². The molecule has 0 aliphatic carbocycles. The van der Waals surface area contributed by atoms with Crippen LogP contribution in [0.15, 0.2) is 50.9 Å². The Balaban J connectivity index is 1.92. The van der Waals surface area contributed by atoms with Crippen molar-refractivity contribution in [1.82, 2.24) is 10.2 Å². The normalized spacial score (nSPS) is 11.3. The Labute approximate surface area is 174 Å². The molecule has 0 radical (unpaired) electrons. The Hall–Kier alpha value is -3.17. The topological polar surface area (TPSA) is 115 Å². The summed E-state index contributed by atoms with van der Waals surface area (Å²) in [5.41, 5.74) is 0.746. The molecule has 0 saturated carbocycles. The molecule has 3 rings (SSSR count). The summed E-state index contributed by atoms with van der Waals surface area (Å²) in [7, 11) is 2.89. The summed E-state index contributed by atoms with van der Waals surface area (Å²) in [5.74, 6) is -0.575. The van der Waals surface area contributed by atoms with E-state index in [1.54, 1.807) is 36.4 Å². The molecule has 1 heterocycles. The fourth-order valence-electron chi connectivity index (χ4n) is 2.40. The van der Waals surface area contributed by atoms with Crippen molar-refractivity contribution in [2.75, 3.05) is 14.2 Å². The molecular weight excluding hydrogens is 420 g/mol. The number of carboxylic acids is 1. The second kappa shape index (κ2) is 8.89. The first-order valence-electron chi connectivity index (χ1n) is 8.09. The van der Waals surface area contributed by atoms with Crippen molar-refractivity contribution in [2.24, 2.45) is 0 Å². The van der Waals surface area contributed by atoms with Gasteiger partial charge in [0, 0.05) is 10.6 Å². The minimum atomic E-state index is -1.22. The van der Waals surface area contributed by atoms with E-state index in [-0.39, 0.29) is 33.1 Å². The Kier molecular flexibility index (Phi) is 6.30. The summed E-state index contributed by atoms with van der Waals surface area (Å²) in [5, 5.41) is 28.0. The summed E-state index contributed by atoms with van der Waals surface area (Å²) in [6, 6.07) is 9.65. The van der Waals surface area contributed by atoms with E-state index in [2.05, 4.69) is 10.2 Å². The quantitative estimate of drug-likeness (QED) is 0.414. The molecule has 8 nitrogen and oxygen atoms in total. The van der Waals surface area contributed by atoms with E-state index in [9.17, 15) is 15.0 Å². The molecule has 1 aromatic heterocycles. The molecule has 10 heteroatoms. The van der Waals surface area contributed by atoms with Gasteiger partial charge in [-0.05, 0) is 42.1 Å². The molecule has 2 N–H and O–H groups in total. The van der Waals surface area contributed by atoms with E-state index in [0.717, 1.165) is 11.8 Å². The maximum Gasteiger partial charge on any atom is 0.342 e. The number of carbonyl (C=O) groups is 1. The molecule has 0 unspecified atom stereocenters. The zero-order valence-electron chi connectivity index (χ0n) is 15.2. The molecule has 29 heavy (non-hydrogen) atoms. The van der Waals surface area contributed by atoms with E-state index < -0.39 is 5.97 Å². The SMILES string of the molecule is COc1ccc(Cl)cc1-c1nnc(S/C(=C\c2cccc(OC)c2O)C(=O)O)o1. The molecule has 0 aliphatic rings. The van der Waals surface area contributed by atoms with Gasteiger partial charge in [0.15, 0.2) is 11.5 Å². The highest BCUT2D eigenvalue weighted by atomic mass is 35.5. The molecule has 3 aromatic rings. The Morgan fingerprint density at radius 1 is 1.17 bits per heavy atom. The molecule has 0 bridgehead atoms. The number of phenols is 1. The van der Waals surface area contributed by atoms with Gasteiger partial charge in [-0.2, -0.15) is 0 Å². The highest BCUT2D eigenvalue weighted by Crippen LogP contribution is 2.36. The van der Waals surface area contributed by atoms with Gasteiger partial charge < -0.3 is 24.1 Å². The van der Waals surface area contributed by atoms with Gasteiger partial charge in [-0.15, -0.1) is 10.2 Å². The molecule has 0 fully saturated rings. The Morgan fingerprint density at radius 2 is 1.93 bits per heavy atom. The molecule has 2 aromatic carbocycles. The second-order valence-electron chi connectivity index (χ2n) is 5.53. The first kappa shape index (κ1) is 20.6. The van der Waals surface area contributed by atoms with E-state index >= 15 is 0 Å². The standard InChI is InChI=1S/C19H15ClN2O6S/c1-26-13-7-6-11(20)9-12(13)17-21-22-19(28-17)29-15(18(24)25)8-10-4-3-5-14(27-2)16(10)23/h3-9,23H,1-2H3,(H,24,25)/b15-8-. The van der Waals surface area contributed by atoms with E-state index in [1.807, 2.05) is 0 Å². The van der Waals surface area contributed by atoms with Gasteiger partial charge in [-0.3, -0.25) is 0 Å². The number of methoxy groups -OCH3 is 2. The lowest BCUT2D eigenvalue weighted by atomic mass is 10.1. The van der Waals surface area contributed by atoms with Crippen molar-refractivity contribution in [1.29, 1.82) is 0 Å². The van der Waals surface area contributed by atoms with Crippen LogP contribution in [0.1, 0.15) is 5.56 Å². The van der Waals surface area contributed by atoms with E-state index in [4.69, 9.17) is 25.5 Å². The number of benzene rings is 2. The number of rotatable bonds is 7.